The van der Waals surface area contributed by atoms with E-state index >= 15 is 0 Å². The number of nitrogens with one attached hydrogen (secondary N) is 1. The Morgan fingerprint density at radius 3 is 2.74 bits per heavy atom. The van der Waals surface area contributed by atoms with Crippen molar-refractivity contribution in [1.82, 2.24) is 9.69 Å². The monoisotopic (exact) mass is 276 g/mol. The van der Waals surface area contributed by atoms with Gasteiger partial charge in [-0.05, 0) is 30.1 Å². The van der Waals surface area contributed by atoms with Gasteiger partial charge in [-0.3, -0.25) is 4.79 Å². The molecule has 19 heavy (non-hydrogen) atoms. The molecule has 1 aromatic carbocycles. The van der Waals surface area contributed by atoms with Crippen molar-refractivity contribution in [2.45, 2.75) is 12.8 Å². The molecule has 0 unspecified atom stereocenters. The number of rotatable bonds is 5. The third kappa shape index (κ3) is 3.62. The van der Waals surface area contributed by atoms with E-state index in [2.05, 4.69) is 9.69 Å². The van der Waals surface area contributed by atoms with E-state index in [1.807, 2.05) is 37.3 Å². The minimum absolute atomic E-state index is 0.000384. The molecular weight excluding hydrogens is 260 g/mol. The van der Waals surface area contributed by atoms with Crippen molar-refractivity contribution >= 4 is 17.4 Å². The molecule has 1 atom stereocenters. The van der Waals surface area contributed by atoms with Crippen LogP contribution in [-0.4, -0.2) is 28.5 Å². The van der Waals surface area contributed by atoms with E-state index in [1.54, 1.807) is 6.07 Å². The molecule has 2 aromatic rings. The molecule has 2 N–H and O–H groups in total. The standard InChI is InChI=1S/C14H16N2O2S/c1-10-7-13(16-19-10)14(18)15-8-12(9-17)11-5-3-2-4-6-11/h2-7,12,17H,8-9H2,1H3,(H,15,18)/t12-/m1/s1. The van der Waals surface area contributed by atoms with Gasteiger partial charge in [-0.15, -0.1) is 0 Å². The summed E-state index contributed by atoms with van der Waals surface area (Å²) in [5.74, 6) is -0.288. The van der Waals surface area contributed by atoms with Gasteiger partial charge in [0.05, 0.1) is 6.61 Å². The predicted molar refractivity (Wildman–Crippen MR) is 75.5 cm³/mol. The van der Waals surface area contributed by atoms with Crippen LogP contribution in [0.1, 0.15) is 26.8 Å². The molecule has 0 fully saturated rings. The van der Waals surface area contributed by atoms with Crippen LogP contribution in [0.3, 0.4) is 0 Å². The lowest BCUT2D eigenvalue weighted by Crippen LogP contribution is -2.29. The Balaban J connectivity index is 1.95. The fourth-order valence-electron chi connectivity index (χ4n) is 1.79. The van der Waals surface area contributed by atoms with Crippen LogP contribution in [0.4, 0.5) is 0 Å². The number of benzene rings is 1. The van der Waals surface area contributed by atoms with Crippen LogP contribution >= 0.6 is 11.5 Å². The van der Waals surface area contributed by atoms with E-state index in [9.17, 15) is 9.90 Å². The molecule has 0 bridgehead atoms. The quantitative estimate of drug-likeness (QED) is 0.877. The summed E-state index contributed by atoms with van der Waals surface area (Å²) in [6.45, 7) is 2.31. The van der Waals surface area contributed by atoms with Crippen molar-refractivity contribution in [3.05, 3.63) is 52.5 Å². The highest BCUT2D eigenvalue weighted by Crippen LogP contribution is 2.14. The Hall–Kier alpha value is -1.72. The third-order valence-corrected chi connectivity index (χ3v) is 3.55. The van der Waals surface area contributed by atoms with Crippen LogP contribution in [0.5, 0.6) is 0 Å². The van der Waals surface area contributed by atoms with Gasteiger partial charge < -0.3 is 10.4 Å². The number of aliphatic hydroxyl groups excluding tert-OH is 1. The maximum absolute atomic E-state index is 11.9. The largest absolute Gasteiger partial charge is 0.396 e. The van der Waals surface area contributed by atoms with Crippen molar-refractivity contribution in [2.24, 2.45) is 0 Å². The minimum atomic E-state index is -0.196. The highest BCUT2D eigenvalue weighted by Gasteiger charge is 2.14. The number of carbonyl (C=O) groups excluding carboxylic acids is 1. The summed E-state index contributed by atoms with van der Waals surface area (Å²) in [5.41, 5.74) is 1.45. The fraction of sp³-hybridized carbons (Fsp3) is 0.286. The normalized spacial score (nSPS) is 12.1. The zero-order valence-electron chi connectivity index (χ0n) is 10.7. The third-order valence-electron chi connectivity index (χ3n) is 2.86. The molecule has 1 amide bonds. The summed E-state index contributed by atoms with van der Waals surface area (Å²) in [7, 11) is 0. The van der Waals surface area contributed by atoms with E-state index in [0.29, 0.717) is 12.2 Å². The molecule has 0 radical (unpaired) electrons. The molecule has 4 nitrogen and oxygen atoms in total. The molecule has 1 aromatic heterocycles. The Kier molecular flexibility index (Phi) is 4.65. The lowest BCUT2D eigenvalue weighted by atomic mass is 10.00. The maximum Gasteiger partial charge on any atom is 0.271 e. The number of nitrogens with zero attached hydrogens (tertiary/aromatic N) is 1. The lowest BCUT2D eigenvalue weighted by Gasteiger charge is -2.14. The summed E-state index contributed by atoms with van der Waals surface area (Å²) in [6, 6.07) is 11.4. The average molecular weight is 276 g/mol. The molecule has 0 spiro atoms. The van der Waals surface area contributed by atoms with Gasteiger partial charge in [0.2, 0.25) is 0 Å². The van der Waals surface area contributed by atoms with Gasteiger partial charge in [0.25, 0.3) is 5.91 Å². The number of carbonyl (C=O) groups is 1. The van der Waals surface area contributed by atoms with Gasteiger partial charge in [-0.1, -0.05) is 30.3 Å². The Morgan fingerprint density at radius 2 is 2.16 bits per heavy atom. The summed E-state index contributed by atoms with van der Waals surface area (Å²) >= 11 is 1.31. The minimum Gasteiger partial charge on any atom is -0.396 e. The van der Waals surface area contributed by atoms with Gasteiger partial charge in [0, 0.05) is 17.3 Å². The van der Waals surface area contributed by atoms with Crippen molar-refractivity contribution in [2.75, 3.05) is 13.2 Å². The second-order valence-corrected chi connectivity index (χ2v) is 5.33. The summed E-state index contributed by atoms with van der Waals surface area (Å²) in [4.78, 5) is 12.9. The number of hydrogen-bond acceptors (Lipinski definition) is 4. The van der Waals surface area contributed by atoms with Crippen LogP contribution < -0.4 is 5.32 Å². The van der Waals surface area contributed by atoms with E-state index in [4.69, 9.17) is 0 Å². The summed E-state index contributed by atoms with van der Waals surface area (Å²) < 4.78 is 4.06. The lowest BCUT2D eigenvalue weighted by molar-refractivity contribution is 0.0943. The second kappa shape index (κ2) is 6.45. The van der Waals surface area contributed by atoms with E-state index in [-0.39, 0.29) is 18.4 Å². The molecular formula is C14H16N2O2S. The van der Waals surface area contributed by atoms with Crippen LogP contribution in [0.2, 0.25) is 0 Å². The van der Waals surface area contributed by atoms with Crippen LogP contribution in [-0.2, 0) is 0 Å². The molecule has 0 saturated carbocycles. The van der Waals surface area contributed by atoms with Gasteiger partial charge in [0.1, 0.15) is 5.69 Å². The first-order chi connectivity index (χ1) is 9.20. The summed E-state index contributed by atoms with van der Waals surface area (Å²) in [5, 5.41) is 12.2. The molecule has 0 saturated heterocycles. The molecule has 0 aliphatic heterocycles. The molecule has 0 aliphatic rings. The molecule has 5 heteroatoms. The van der Waals surface area contributed by atoms with Crippen LogP contribution in [0, 0.1) is 6.92 Å². The van der Waals surface area contributed by atoms with Crippen molar-refractivity contribution in [3.8, 4) is 0 Å². The first-order valence-corrected chi connectivity index (χ1v) is 6.85. The Morgan fingerprint density at radius 1 is 1.42 bits per heavy atom. The zero-order chi connectivity index (χ0) is 13.7. The fourth-order valence-corrected chi connectivity index (χ4v) is 2.34. The zero-order valence-corrected chi connectivity index (χ0v) is 11.5. The van der Waals surface area contributed by atoms with Gasteiger partial charge in [-0.2, -0.15) is 4.37 Å². The highest BCUT2D eigenvalue weighted by molar-refractivity contribution is 7.05. The molecule has 100 valence electrons. The molecule has 1 heterocycles. The number of aliphatic hydroxyl groups is 1. The summed E-state index contributed by atoms with van der Waals surface area (Å²) in [6.07, 6.45) is 0. The second-order valence-electron chi connectivity index (χ2n) is 4.32. The Labute approximate surface area is 116 Å². The van der Waals surface area contributed by atoms with E-state index in [1.165, 1.54) is 11.5 Å². The Bertz CT molecular complexity index is 539. The van der Waals surface area contributed by atoms with Crippen molar-refractivity contribution in [3.63, 3.8) is 0 Å². The van der Waals surface area contributed by atoms with Gasteiger partial charge in [0.15, 0.2) is 0 Å². The van der Waals surface area contributed by atoms with Crippen molar-refractivity contribution in [1.29, 1.82) is 0 Å². The van der Waals surface area contributed by atoms with Crippen LogP contribution in [0.25, 0.3) is 0 Å². The number of aryl methyl sites for hydroxylation is 1. The van der Waals surface area contributed by atoms with E-state index < -0.39 is 0 Å². The number of aromatic nitrogens is 1. The number of hydrogen-bond donors (Lipinski definition) is 2. The maximum atomic E-state index is 11.9. The molecule has 2 rings (SSSR count). The topological polar surface area (TPSA) is 62.2 Å². The molecule has 0 aliphatic carbocycles. The van der Waals surface area contributed by atoms with Gasteiger partial charge >= 0.3 is 0 Å². The smallest absolute Gasteiger partial charge is 0.271 e. The SMILES string of the molecule is Cc1cc(C(=O)NC[C@H](CO)c2ccccc2)ns1. The first kappa shape index (κ1) is 13.7. The van der Waals surface area contributed by atoms with Gasteiger partial charge in [-0.25, -0.2) is 0 Å². The first-order valence-electron chi connectivity index (χ1n) is 6.08. The highest BCUT2D eigenvalue weighted by atomic mass is 32.1. The van der Waals surface area contributed by atoms with Crippen molar-refractivity contribution < 1.29 is 9.90 Å². The average Bonchev–Trinajstić information content (AvgIpc) is 2.87. The predicted octanol–water partition coefficient (Wildman–Crippen LogP) is 1.96. The van der Waals surface area contributed by atoms with Crippen LogP contribution in [0.15, 0.2) is 36.4 Å². The number of amides is 1. The van der Waals surface area contributed by atoms with E-state index in [0.717, 1.165) is 10.4 Å².